The van der Waals surface area contributed by atoms with Gasteiger partial charge in [0.2, 0.25) is 0 Å². The molecule has 1 aliphatic rings. The van der Waals surface area contributed by atoms with Gasteiger partial charge in [0.05, 0.1) is 0 Å². The minimum Gasteiger partial charge on any atom is -0.385 e. The quantitative estimate of drug-likeness (QED) is 0.628. The summed E-state index contributed by atoms with van der Waals surface area (Å²) >= 11 is 0. The third kappa shape index (κ3) is 5.36. The van der Waals surface area contributed by atoms with E-state index in [1.807, 2.05) is 0 Å². The van der Waals surface area contributed by atoms with Crippen LogP contribution in [0.4, 0.5) is 0 Å². The highest BCUT2D eigenvalue weighted by Gasteiger charge is 2.24. The summed E-state index contributed by atoms with van der Waals surface area (Å²) in [6, 6.07) is 1.50. The van der Waals surface area contributed by atoms with Gasteiger partial charge in [-0.05, 0) is 39.3 Å². The Kier molecular flexibility index (Phi) is 7.82. The number of nitrogens with one attached hydrogen (secondary N) is 1. The summed E-state index contributed by atoms with van der Waals surface area (Å²) in [5.74, 6) is 0. The molecule has 0 bridgehead atoms. The van der Waals surface area contributed by atoms with Crippen molar-refractivity contribution in [3.05, 3.63) is 0 Å². The fourth-order valence-corrected chi connectivity index (χ4v) is 2.94. The van der Waals surface area contributed by atoms with E-state index >= 15 is 0 Å². The van der Waals surface area contributed by atoms with Crippen molar-refractivity contribution in [2.45, 2.75) is 58.0 Å². The van der Waals surface area contributed by atoms with Crippen LogP contribution in [0.1, 0.15) is 46.0 Å². The van der Waals surface area contributed by atoms with E-state index in [-0.39, 0.29) is 0 Å². The molecule has 1 aliphatic carbocycles. The molecular weight excluding hydrogens is 212 g/mol. The number of rotatable bonds is 9. The molecule has 102 valence electrons. The second kappa shape index (κ2) is 8.90. The number of hydrogen-bond donors (Lipinski definition) is 1. The zero-order valence-corrected chi connectivity index (χ0v) is 11.9. The molecule has 0 aromatic carbocycles. The maximum absolute atomic E-state index is 5.05. The van der Waals surface area contributed by atoms with E-state index in [1.54, 1.807) is 7.11 Å². The van der Waals surface area contributed by atoms with Crippen LogP contribution in [0.5, 0.6) is 0 Å². The van der Waals surface area contributed by atoms with Crippen LogP contribution in [0.25, 0.3) is 0 Å². The molecule has 0 aromatic heterocycles. The Morgan fingerprint density at radius 3 is 2.65 bits per heavy atom. The molecule has 1 fully saturated rings. The molecule has 0 heterocycles. The molecule has 17 heavy (non-hydrogen) atoms. The summed E-state index contributed by atoms with van der Waals surface area (Å²) in [5, 5.41) is 3.54. The molecule has 3 heteroatoms. The van der Waals surface area contributed by atoms with E-state index in [0.717, 1.165) is 32.2 Å². The average molecular weight is 242 g/mol. The van der Waals surface area contributed by atoms with Crippen LogP contribution >= 0.6 is 0 Å². The zero-order valence-electron chi connectivity index (χ0n) is 11.9. The Labute approximate surface area is 107 Å². The predicted octanol–water partition coefficient (Wildman–Crippen LogP) is 2.27. The zero-order chi connectivity index (χ0) is 12.5. The topological polar surface area (TPSA) is 24.5 Å². The summed E-state index contributed by atoms with van der Waals surface area (Å²) in [5.41, 5.74) is 0. The van der Waals surface area contributed by atoms with Crippen LogP contribution in [-0.2, 0) is 4.74 Å². The van der Waals surface area contributed by atoms with E-state index in [1.165, 1.54) is 32.2 Å². The molecule has 0 spiro atoms. The molecule has 1 saturated carbocycles. The lowest BCUT2D eigenvalue weighted by Gasteiger charge is -2.33. The van der Waals surface area contributed by atoms with Gasteiger partial charge < -0.3 is 10.1 Å². The number of hydrogen-bond acceptors (Lipinski definition) is 3. The van der Waals surface area contributed by atoms with Gasteiger partial charge in [-0.1, -0.05) is 19.8 Å². The lowest BCUT2D eigenvalue weighted by atomic mass is 10.1. The summed E-state index contributed by atoms with van der Waals surface area (Å²) in [4.78, 5) is 2.68. The van der Waals surface area contributed by atoms with Crippen molar-refractivity contribution in [3.63, 3.8) is 0 Å². The minimum atomic E-state index is 0.658. The second-order valence-corrected chi connectivity index (χ2v) is 5.17. The van der Waals surface area contributed by atoms with Gasteiger partial charge in [-0.15, -0.1) is 0 Å². The summed E-state index contributed by atoms with van der Waals surface area (Å²) < 4.78 is 5.05. The monoisotopic (exact) mass is 242 g/mol. The van der Waals surface area contributed by atoms with Crippen LogP contribution in [-0.4, -0.2) is 50.3 Å². The van der Waals surface area contributed by atoms with Crippen molar-refractivity contribution in [2.24, 2.45) is 0 Å². The van der Waals surface area contributed by atoms with Gasteiger partial charge in [-0.25, -0.2) is 0 Å². The van der Waals surface area contributed by atoms with Gasteiger partial charge in [0.1, 0.15) is 0 Å². The lowest BCUT2D eigenvalue weighted by Crippen LogP contribution is -2.45. The predicted molar refractivity (Wildman–Crippen MR) is 73.5 cm³/mol. The van der Waals surface area contributed by atoms with Crippen LogP contribution in [0.3, 0.4) is 0 Å². The number of nitrogens with zero attached hydrogens (tertiary/aromatic N) is 1. The number of methoxy groups -OCH3 is 1. The SMILES string of the molecule is CCN(C(C)CNCCCOC)C1CCCC1. The second-order valence-electron chi connectivity index (χ2n) is 5.17. The molecule has 0 saturated heterocycles. The molecule has 1 unspecified atom stereocenters. The standard InChI is InChI=1S/C14H30N2O/c1-4-16(14-8-5-6-9-14)13(2)12-15-10-7-11-17-3/h13-15H,4-12H2,1-3H3. The van der Waals surface area contributed by atoms with Crippen LogP contribution in [0, 0.1) is 0 Å². The smallest absolute Gasteiger partial charge is 0.0474 e. The van der Waals surface area contributed by atoms with Gasteiger partial charge in [0, 0.05) is 32.3 Å². The lowest BCUT2D eigenvalue weighted by molar-refractivity contribution is 0.149. The Balaban J connectivity index is 2.16. The fourth-order valence-electron chi connectivity index (χ4n) is 2.94. The highest BCUT2D eigenvalue weighted by molar-refractivity contribution is 4.81. The van der Waals surface area contributed by atoms with E-state index in [4.69, 9.17) is 4.74 Å². The molecule has 1 atom stereocenters. The van der Waals surface area contributed by atoms with E-state index in [9.17, 15) is 0 Å². The largest absolute Gasteiger partial charge is 0.385 e. The Morgan fingerprint density at radius 2 is 2.06 bits per heavy atom. The third-order valence-corrected chi connectivity index (χ3v) is 3.87. The van der Waals surface area contributed by atoms with Gasteiger partial charge in [-0.2, -0.15) is 0 Å². The minimum absolute atomic E-state index is 0.658. The fraction of sp³-hybridized carbons (Fsp3) is 1.00. The summed E-state index contributed by atoms with van der Waals surface area (Å²) in [7, 11) is 1.77. The van der Waals surface area contributed by atoms with E-state index in [0.29, 0.717) is 6.04 Å². The van der Waals surface area contributed by atoms with Crippen LogP contribution < -0.4 is 5.32 Å². The summed E-state index contributed by atoms with van der Waals surface area (Å²) in [6.45, 7) is 8.87. The van der Waals surface area contributed by atoms with Gasteiger partial charge >= 0.3 is 0 Å². The molecular formula is C14H30N2O. The Bertz CT molecular complexity index is 181. The first-order valence-electron chi connectivity index (χ1n) is 7.25. The maximum Gasteiger partial charge on any atom is 0.0474 e. The van der Waals surface area contributed by atoms with E-state index in [2.05, 4.69) is 24.1 Å². The van der Waals surface area contributed by atoms with Crippen molar-refractivity contribution in [1.82, 2.24) is 10.2 Å². The molecule has 0 aliphatic heterocycles. The number of likely N-dealkylation sites (N-methyl/N-ethyl adjacent to an activating group) is 1. The first-order chi connectivity index (χ1) is 8.29. The average Bonchev–Trinajstić information content (AvgIpc) is 2.83. The maximum atomic E-state index is 5.05. The molecule has 0 amide bonds. The van der Waals surface area contributed by atoms with Crippen molar-refractivity contribution in [1.29, 1.82) is 0 Å². The third-order valence-electron chi connectivity index (χ3n) is 3.87. The molecule has 1 N–H and O–H groups in total. The van der Waals surface area contributed by atoms with Crippen LogP contribution in [0.15, 0.2) is 0 Å². The Hall–Kier alpha value is -0.120. The van der Waals surface area contributed by atoms with E-state index < -0.39 is 0 Å². The Morgan fingerprint density at radius 1 is 1.35 bits per heavy atom. The first kappa shape index (κ1) is 14.9. The van der Waals surface area contributed by atoms with Gasteiger partial charge in [-0.3, -0.25) is 4.90 Å². The number of ether oxygens (including phenoxy) is 1. The molecule has 3 nitrogen and oxygen atoms in total. The van der Waals surface area contributed by atoms with Crippen LogP contribution in [0.2, 0.25) is 0 Å². The van der Waals surface area contributed by atoms with Crippen molar-refractivity contribution < 1.29 is 4.74 Å². The van der Waals surface area contributed by atoms with Crippen molar-refractivity contribution in [3.8, 4) is 0 Å². The molecule has 1 rings (SSSR count). The van der Waals surface area contributed by atoms with Crippen molar-refractivity contribution >= 4 is 0 Å². The normalized spacial score (nSPS) is 19.1. The van der Waals surface area contributed by atoms with Gasteiger partial charge in [0.25, 0.3) is 0 Å². The highest BCUT2D eigenvalue weighted by atomic mass is 16.5. The molecule has 0 aromatic rings. The van der Waals surface area contributed by atoms with Crippen molar-refractivity contribution in [2.75, 3.05) is 33.4 Å². The first-order valence-corrected chi connectivity index (χ1v) is 7.25. The highest BCUT2D eigenvalue weighted by Crippen LogP contribution is 2.24. The summed E-state index contributed by atoms with van der Waals surface area (Å²) in [6.07, 6.45) is 6.77. The van der Waals surface area contributed by atoms with Gasteiger partial charge in [0.15, 0.2) is 0 Å². The molecule has 0 radical (unpaired) electrons.